The summed E-state index contributed by atoms with van der Waals surface area (Å²) in [6, 6.07) is 11.9. The van der Waals surface area contributed by atoms with E-state index in [-0.39, 0.29) is 23.0 Å². The Morgan fingerprint density at radius 2 is 1.71 bits per heavy atom. The highest BCUT2D eigenvalue weighted by molar-refractivity contribution is 7.89. The maximum Gasteiger partial charge on any atom is 0.243 e. The summed E-state index contributed by atoms with van der Waals surface area (Å²) in [6.07, 6.45) is 0. The molecule has 2 N–H and O–H groups in total. The number of para-hydroxylation sites is 1. The smallest absolute Gasteiger partial charge is 0.243 e. The van der Waals surface area contributed by atoms with Crippen molar-refractivity contribution in [2.75, 3.05) is 31.3 Å². The van der Waals surface area contributed by atoms with Crippen LogP contribution in [0.3, 0.4) is 0 Å². The van der Waals surface area contributed by atoms with Gasteiger partial charge in [0, 0.05) is 19.8 Å². The van der Waals surface area contributed by atoms with Crippen LogP contribution in [-0.2, 0) is 14.8 Å². The molecule has 0 saturated carbocycles. The first-order valence-electron chi connectivity index (χ1n) is 7.11. The van der Waals surface area contributed by atoms with Crippen LogP contribution in [0.15, 0.2) is 53.4 Å². The van der Waals surface area contributed by atoms with Crippen molar-refractivity contribution in [2.24, 2.45) is 0 Å². The van der Waals surface area contributed by atoms with Gasteiger partial charge in [-0.05, 0) is 36.4 Å². The Bertz CT molecular complexity index is 821. The van der Waals surface area contributed by atoms with Gasteiger partial charge in [0.25, 0.3) is 0 Å². The zero-order chi connectivity index (χ0) is 17.7. The Hall–Kier alpha value is -2.45. The summed E-state index contributed by atoms with van der Waals surface area (Å²) in [5.41, 5.74) is 0.688. The number of hydrogen-bond acceptors (Lipinski definition) is 4. The zero-order valence-electron chi connectivity index (χ0n) is 13.3. The van der Waals surface area contributed by atoms with Crippen LogP contribution < -0.4 is 10.6 Å². The lowest BCUT2D eigenvalue weighted by atomic mass is 10.3. The van der Waals surface area contributed by atoms with E-state index in [0.29, 0.717) is 5.69 Å². The molecule has 2 rings (SSSR count). The van der Waals surface area contributed by atoms with Gasteiger partial charge in [0.2, 0.25) is 15.9 Å². The molecule has 8 heteroatoms. The van der Waals surface area contributed by atoms with Gasteiger partial charge < -0.3 is 10.6 Å². The first-order valence-corrected chi connectivity index (χ1v) is 8.55. The van der Waals surface area contributed by atoms with E-state index in [4.69, 9.17) is 0 Å². The van der Waals surface area contributed by atoms with Gasteiger partial charge >= 0.3 is 0 Å². The predicted molar refractivity (Wildman–Crippen MR) is 90.8 cm³/mol. The van der Waals surface area contributed by atoms with E-state index in [1.54, 1.807) is 12.1 Å². The second-order valence-electron chi connectivity index (χ2n) is 5.19. The highest BCUT2D eigenvalue weighted by Gasteiger charge is 2.16. The minimum atomic E-state index is -3.51. The number of halogens is 1. The van der Waals surface area contributed by atoms with E-state index in [1.807, 2.05) is 0 Å². The third kappa shape index (κ3) is 4.30. The van der Waals surface area contributed by atoms with Crippen molar-refractivity contribution in [2.45, 2.75) is 4.90 Å². The first kappa shape index (κ1) is 17.9. The van der Waals surface area contributed by atoms with Crippen LogP contribution in [0.5, 0.6) is 0 Å². The number of nitrogens with zero attached hydrogens (tertiary/aromatic N) is 1. The maximum absolute atomic E-state index is 13.4. The van der Waals surface area contributed by atoms with Crippen LogP contribution in [0.1, 0.15) is 0 Å². The predicted octanol–water partition coefficient (Wildman–Crippen LogP) is 2.13. The van der Waals surface area contributed by atoms with E-state index in [2.05, 4.69) is 10.6 Å². The van der Waals surface area contributed by atoms with Crippen LogP contribution >= 0.6 is 0 Å². The summed E-state index contributed by atoms with van der Waals surface area (Å²) >= 11 is 0. The molecule has 0 spiro atoms. The molecule has 24 heavy (non-hydrogen) atoms. The van der Waals surface area contributed by atoms with Crippen molar-refractivity contribution in [3.63, 3.8) is 0 Å². The fourth-order valence-electron chi connectivity index (χ4n) is 1.91. The number of anilines is 2. The molecule has 2 aromatic rings. The minimum absolute atomic E-state index is 0.112. The summed E-state index contributed by atoms with van der Waals surface area (Å²) in [4.78, 5) is 12.0. The molecule has 0 aliphatic rings. The number of sulfonamides is 1. The Balaban J connectivity index is 1.96. The van der Waals surface area contributed by atoms with Gasteiger partial charge in [-0.15, -0.1) is 0 Å². The standard InChI is InChI=1S/C16H18FN3O3S/c1-20(2)24(22,23)13-9-7-12(8-10-13)19-16(21)11-18-15-6-4-3-5-14(15)17/h3-10,18H,11H2,1-2H3,(H,19,21). The van der Waals surface area contributed by atoms with E-state index in [0.717, 1.165) is 4.31 Å². The highest BCUT2D eigenvalue weighted by atomic mass is 32.2. The summed E-state index contributed by atoms with van der Waals surface area (Å²) in [5.74, 6) is -0.815. The van der Waals surface area contributed by atoms with Crippen LogP contribution in [-0.4, -0.2) is 39.3 Å². The molecule has 0 aliphatic heterocycles. The van der Waals surface area contributed by atoms with E-state index in [1.165, 1.54) is 50.5 Å². The molecule has 0 bridgehead atoms. The second kappa shape index (κ2) is 7.41. The van der Waals surface area contributed by atoms with Crippen molar-refractivity contribution in [1.29, 1.82) is 0 Å². The van der Waals surface area contributed by atoms with Crippen molar-refractivity contribution >= 4 is 27.3 Å². The molecule has 0 fully saturated rings. The molecule has 0 radical (unpaired) electrons. The van der Waals surface area contributed by atoms with Crippen molar-refractivity contribution in [1.82, 2.24) is 4.31 Å². The quantitative estimate of drug-likeness (QED) is 0.836. The number of rotatable bonds is 6. The third-order valence-electron chi connectivity index (χ3n) is 3.23. The van der Waals surface area contributed by atoms with Gasteiger partial charge in [0.1, 0.15) is 5.82 Å². The Morgan fingerprint density at radius 3 is 2.29 bits per heavy atom. The third-order valence-corrected chi connectivity index (χ3v) is 5.06. The molecular formula is C16H18FN3O3S. The van der Waals surface area contributed by atoms with Crippen molar-refractivity contribution in [3.05, 3.63) is 54.3 Å². The average molecular weight is 351 g/mol. The normalized spacial score (nSPS) is 11.3. The van der Waals surface area contributed by atoms with Crippen LogP contribution in [0.4, 0.5) is 15.8 Å². The largest absolute Gasteiger partial charge is 0.374 e. The first-order chi connectivity index (χ1) is 11.3. The lowest BCUT2D eigenvalue weighted by molar-refractivity contribution is -0.114. The van der Waals surface area contributed by atoms with Crippen molar-refractivity contribution < 1.29 is 17.6 Å². The Labute approximate surface area is 140 Å². The zero-order valence-corrected chi connectivity index (χ0v) is 14.1. The lowest BCUT2D eigenvalue weighted by Gasteiger charge is -2.12. The SMILES string of the molecule is CN(C)S(=O)(=O)c1ccc(NC(=O)CNc2ccccc2F)cc1. The molecule has 2 aromatic carbocycles. The van der Waals surface area contributed by atoms with Gasteiger partial charge in [-0.3, -0.25) is 4.79 Å². The second-order valence-corrected chi connectivity index (χ2v) is 7.35. The average Bonchev–Trinajstić information content (AvgIpc) is 2.54. The maximum atomic E-state index is 13.4. The number of carbonyl (C=O) groups is 1. The summed E-state index contributed by atoms with van der Waals surface area (Å²) in [6.45, 7) is -0.112. The molecule has 0 atom stereocenters. The van der Waals surface area contributed by atoms with Crippen molar-refractivity contribution in [3.8, 4) is 0 Å². The molecule has 128 valence electrons. The topological polar surface area (TPSA) is 78.5 Å². The Morgan fingerprint density at radius 1 is 1.08 bits per heavy atom. The van der Waals surface area contributed by atoms with Gasteiger partial charge in [-0.2, -0.15) is 0 Å². The monoisotopic (exact) mass is 351 g/mol. The van der Waals surface area contributed by atoms with Crippen LogP contribution in [0, 0.1) is 5.82 Å². The van der Waals surface area contributed by atoms with Gasteiger partial charge in [0.15, 0.2) is 0 Å². The number of amides is 1. The summed E-state index contributed by atoms with van der Waals surface area (Å²) in [5, 5.41) is 5.30. The number of carbonyl (C=O) groups excluding carboxylic acids is 1. The molecule has 0 heterocycles. The number of hydrogen-bond donors (Lipinski definition) is 2. The number of nitrogens with one attached hydrogen (secondary N) is 2. The molecular weight excluding hydrogens is 333 g/mol. The Kier molecular flexibility index (Phi) is 5.53. The molecule has 6 nitrogen and oxygen atoms in total. The minimum Gasteiger partial charge on any atom is -0.374 e. The summed E-state index contributed by atoms with van der Waals surface area (Å²) < 4.78 is 38.4. The van der Waals surface area contributed by atoms with Crippen LogP contribution in [0.2, 0.25) is 0 Å². The van der Waals surface area contributed by atoms with Gasteiger partial charge in [0.05, 0.1) is 17.1 Å². The van der Waals surface area contributed by atoms with E-state index >= 15 is 0 Å². The lowest BCUT2D eigenvalue weighted by Crippen LogP contribution is -2.23. The highest BCUT2D eigenvalue weighted by Crippen LogP contribution is 2.17. The van der Waals surface area contributed by atoms with E-state index in [9.17, 15) is 17.6 Å². The molecule has 0 unspecified atom stereocenters. The molecule has 1 amide bonds. The van der Waals surface area contributed by atoms with Gasteiger partial charge in [-0.25, -0.2) is 17.1 Å². The number of benzene rings is 2. The van der Waals surface area contributed by atoms with Crippen LogP contribution in [0.25, 0.3) is 0 Å². The molecule has 0 aromatic heterocycles. The fraction of sp³-hybridized carbons (Fsp3) is 0.188. The van der Waals surface area contributed by atoms with E-state index < -0.39 is 15.8 Å². The summed E-state index contributed by atoms with van der Waals surface area (Å²) in [7, 11) is -0.619. The molecule has 0 aliphatic carbocycles. The van der Waals surface area contributed by atoms with Gasteiger partial charge in [-0.1, -0.05) is 12.1 Å². The molecule has 0 saturated heterocycles. The fourth-order valence-corrected chi connectivity index (χ4v) is 2.81.